The topological polar surface area (TPSA) is 35.5 Å². The summed E-state index contributed by atoms with van der Waals surface area (Å²) in [4.78, 5) is 10.9. The van der Waals surface area contributed by atoms with Crippen molar-refractivity contribution in [3.8, 4) is 0 Å². The van der Waals surface area contributed by atoms with E-state index in [2.05, 4.69) is 20.8 Å². The first-order chi connectivity index (χ1) is 7.79. The van der Waals surface area contributed by atoms with Crippen molar-refractivity contribution in [2.75, 3.05) is 6.61 Å². The van der Waals surface area contributed by atoms with Gasteiger partial charge in [-0.2, -0.15) is 0 Å². The van der Waals surface area contributed by atoms with Crippen molar-refractivity contribution >= 4 is 5.78 Å². The second-order valence-corrected chi connectivity index (χ2v) is 5.27. The van der Waals surface area contributed by atoms with Crippen LogP contribution in [0, 0.1) is 5.41 Å². The fourth-order valence-electron chi connectivity index (χ4n) is 1.73. The van der Waals surface area contributed by atoms with Gasteiger partial charge in [0.15, 0.2) is 5.78 Å². The molecule has 1 fully saturated rings. The van der Waals surface area contributed by atoms with Crippen molar-refractivity contribution in [2.45, 2.75) is 65.7 Å². The van der Waals surface area contributed by atoms with Crippen molar-refractivity contribution in [2.24, 2.45) is 5.41 Å². The maximum atomic E-state index is 10.9. The molecule has 0 bridgehead atoms. The van der Waals surface area contributed by atoms with Gasteiger partial charge < -0.3 is 9.47 Å². The third kappa shape index (κ3) is 3.29. The minimum atomic E-state index is -0.417. The molecule has 4 atom stereocenters. The number of Topliss-reactive ketones (excluding diaryl/α,β-unsaturated/α-hetero) is 1. The summed E-state index contributed by atoms with van der Waals surface area (Å²) in [6.45, 7) is 9.81. The lowest BCUT2D eigenvalue weighted by Crippen LogP contribution is -2.28. The molecule has 0 amide bonds. The first-order valence-corrected chi connectivity index (χ1v) is 5.98. The summed E-state index contributed by atoms with van der Waals surface area (Å²) in [5.41, 5.74) is -0.0327. The van der Waals surface area contributed by atoms with Gasteiger partial charge in [-0.15, -0.1) is 0 Å². The van der Waals surface area contributed by atoms with Crippen LogP contribution in [0.5, 0.6) is 0 Å². The minimum Gasteiger partial charge on any atom is -0.372 e. The van der Waals surface area contributed by atoms with Crippen molar-refractivity contribution in [3.05, 3.63) is 0 Å². The van der Waals surface area contributed by atoms with Crippen molar-refractivity contribution < 1.29 is 15.6 Å². The van der Waals surface area contributed by atoms with Gasteiger partial charge in [0.1, 0.15) is 6.61 Å². The Hall–Kier alpha value is -0.410. The fourth-order valence-corrected chi connectivity index (χ4v) is 1.73. The van der Waals surface area contributed by atoms with Gasteiger partial charge in [0.25, 0.3) is 0 Å². The summed E-state index contributed by atoms with van der Waals surface area (Å²) in [5, 5.41) is 0. The second kappa shape index (κ2) is 5.28. The molecular formula is C13H24O3. The predicted octanol–water partition coefficient (Wildman–Crippen LogP) is 2.57. The molecule has 4 unspecified atom stereocenters. The molecule has 0 saturated carbocycles. The fraction of sp³-hybridized carbons (Fsp3) is 0.923. The van der Waals surface area contributed by atoms with Crippen molar-refractivity contribution in [1.29, 1.82) is 0 Å². The molecule has 1 heterocycles. The summed E-state index contributed by atoms with van der Waals surface area (Å²) >= 11 is 0. The predicted molar refractivity (Wildman–Crippen MR) is 63.4 cm³/mol. The molecule has 3 heteroatoms. The summed E-state index contributed by atoms with van der Waals surface area (Å²) in [5.74, 6) is -0.0115. The standard InChI is InChI=1S/C13H24O3/c1-6-13(4,5)12-7-11(10(3)16-12)15-8-9(2)14/h10-12H,6-8H2,1-5H3/i7T. The minimum absolute atomic E-state index is 0.0115. The van der Waals surface area contributed by atoms with E-state index >= 15 is 0 Å². The van der Waals surface area contributed by atoms with Gasteiger partial charge in [-0.3, -0.25) is 4.79 Å². The van der Waals surface area contributed by atoms with Gasteiger partial charge in [-0.25, -0.2) is 0 Å². The molecule has 0 radical (unpaired) electrons. The second-order valence-electron chi connectivity index (χ2n) is 5.27. The maximum absolute atomic E-state index is 10.9. The average molecular weight is 230 g/mol. The Labute approximate surface area is 99.9 Å². The molecule has 16 heavy (non-hydrogen) atoms. The molecule has 1 rings (SSSR count). The third-order valence-electron chi connectivity index (χ3n) is 3.35. The summed E-state index contributed by atoms with van der Waals surface area (Å²) in [6.07, 6.45) is 0.000274. The van der Waals surface area contributed by atoms with E-state index in [0.717, 1.165) is 6.42 Å². The smallest absolute Gasteiger partial charge is 0.155 e. The van der Waals surface area contributed by atoms with E-state index in [-0.39, 0.29) is 36.1 Å². The molecule has 1 aliphatic rings. The van der Waals surface area contributed by atoms with E-state index in [9.17, 15) is 4.79 Å². The van der Waals surface area contributed by atoms with Gasteiger partial charge in [-0.05, 0) is 25.7 Å². The van der Waals surface area contributed by atoms with Crippen LogP contribution in [0.2, 0.25) is 0 Å². The van der Waals surface area contributed by atoms with Gasteiger partial charge in [0, 0.05) is 7.77 Å². The quantitative estimate of drug-likeness (QED) is 0.728. The van der Waals surface area contributed by atoms with E-state index in [0.29, 0.717) is 0 Å². The van der Waals surface area contributed by atoms with Gasteiger partial charge in [0.2, 0.25) is 0 Å². The lowest BCUT2D eigenvalue weighted by Gasteiger charge is -2.29. The van der Waals surface area contributed by atoms with E-state index in [1.165, 1.54) is 6.92 Å². The zero-order valence-electron chi connectivity index (χ0n) is 11.9. The Bertz CT molecular complexity index is 278. The van der Waals surface area contributed by atoms with Crippen LogP contribution in [-0.4, -0.2) is 30.7 Å². The molecule has 0 aromatic carbocycles. The normalized spacial score (nSPS) is 36.2. The van der Waals surface area contributed by atoms with Gasteiger partial charge >= 0.3 is 0 Å². The zero-order valence-corrected chi connectivity index (χ0v) is 10.9. The highest BCUT2D eigenvalue weighted by Crippen LogP contribution is 2.37. The maximum Gasteiger partial charge on any atom is 0.155 e. The van der Waals surface area contributed by atoms with Crippen LogP contribution in [0.4, 0.5) is 0 Å². The van der Waals surface area contributed by atoms with Crippen LogP contribution >= 0.6 is 0 Å². The number of carbonyl (C=O) groups excluding carboxylic acids is 1. The molecule has 0 aromatic rings. The van der Waals surface area contributed by atoms with Crippen LogP contribution in [0.3, 0.4) is 0 Å². The Morgan fingerprint density at radius 2 is 2.25 bits per heavy atom. The van der Waals surface area contributed by atoms with Crippen LogP contribution < -0.4 is 0 Å². The highest BCUT2D eigenvalue weighted by molar-refractivity contribution is 5.76. The Balaban J connectivity index is 2.68. The molecule has 0 aromatic heterocycles. The Morgan fingerprint density at radius 1 is 1.62 bits per heavy atom. The van der Waals surface area contributed by atoms with E-state index in [1.807, 2.05) is 6.92 Å². The highest BCUT2D eigenvalue weighted by Gasteiger charge is 2.40. The lowest BCUT2D eigenvalue weighted by atomic mass is 9.82. The summed E-state index contributed by atoms with van der Waals surface area (Å²) in [7, 11) is 0. The van der Waals surface area contributed by atoms with Crippen molar-refractivity contribution in [1.82, 2.24) is 0 Å². The molecule has 3 nitrogen and oxygen atoms in total. The van der Waals surface area contributed by atoms with Gasteiger partial charge in [0.05, 0.1) is 18.3 Å². The van der Waals surface area contributed by atoms with Crippen LogP contribution in [0.15, 0.2) is 0 Å². The summed E-state index contributed by atoms with van der Waals surface area (Å²) in [6, 6.07) is 0. The summed E-state index contributed by atoms with van der Waals surface area (Å²) < 4.78 is 19.6. The number of hydrogen-bond acceptors (Lipinski definition) is 3. The monoisotopic (exact) mass is 230 g/mol. The number of ketones is 1. The number of rotatable bonds is 5. The molecule has 1 saturated heterocycles. The molecule has 0 aliphatic carbocycles. The average Bonchev–Trinajstić information content (AvgIpc) is 2.52. The Morgan fingerprint density at radius 3 is 2.75 bits per heavy atom. The lowest BCUT2D eigenvalue weighted by molar-refractivity contribution is -0.124. The Kier molecular flexibility index (Phi) is 3.98. The number of carbonyl (C=O) groups is 1. The molecule has 0 N–H and O–H groups in total. The highest BCUT2D eigenvalue weighted by atomic mass is 16.6. The number of hydrogen-bond donors (Lipinski definition) is 0. The molecular weight excluding hydrogens is 204 g/mol. The molecule has 94 valence electrons. The van der Waals surface area contributed by atoms with Crippen molar-refractivity contribution in [3.63, 3.8) is 0 Å². The molecule has 1 aliphatic heterocycles. The van der Waals surface area contributed by atoms with Crippen LogP contribution in [0.1, 0.15) is 48.8 Å². The SMILES string of the molecule is [3H]C1C(OCC(C)=O)C(C)OC1C(C)(C)CC. The van der Waals surface area contributed by atoms with Crippen LogP contribution in [0.25, 0.3) is 0 Å². The third-order valence-corrected chi connectivity index (χ3v) is 3.35. The first-order valence-electron chi connectivity index (χ1n) is 6.56. The van der Waals surface area contributed by atoms with E-state index in [1.54, 1.807) is 0 Å². The first kappa shape index (κ1) is 12.1. The van der Waals surface area contributed by atoms with E-state index in [4.69, 9.17) is 10.8 Å². The molecule has 0 spiro atoms. The largest absolute Gasteiger partial charge is 0.372 e. The zero-order chi connectivity index (χ0) is 13.2. The van der Waals surface area contributed by atoms with E-state index < -0.39 is 6.40 Å². The van der Waals surface area contributed by atoms with Gasteiger partial charge in [-0.1, -0.05) is 20.8 Å². The van der Waals surface area contributed by atoms with Crippen LogP contribution in [-0.2, 0) is 14.3 Å². The number of ether oxygens (including phenoxy) is 2.